The number of aromatic nitrogens is 1. The van der Waals surface area contributed by atoms with E-state index in [1.165, 1.54) is 16.8 Å². The minimum atomic E-state index is -0.974. The fourth-order valence-corrected chi connectivity index (χ4v) is 5.65. The molecule has 2 aromatic rings. The van der Waals surface area contributed by atoms with Gasteiger partial charge in [0.05, 0.1) is 11.9 Å². The number of pyridine rings is 1. The van der Waals surface area contributed by atoms with E-state index in [9.17, 15) is 28.3 Å². The normalized spacial score (nSPS) is 19.5. The van der Waals surface area contributed by atoms with E-state index in [4.69, 9.17) is 0 Å². The molecule has 4 rings (SSSR count). The smallest absolute Gasteiger partial charge is 0.275 e. The van der Waals surface area contributed by atoms with Gasteiger partial charge in [-0.25, -0.2) is 8.78 Å². The lowest BCUT2D eigenvalue weighted by Gasteiger charge is -2.50. The molecule has 0 bridgehead atoms. The molecule has 31 heavy (non-hydrogen) atoms. The predicted molar refractivity (Wildman–Crippen MR) is 111 cm³/mol. The number of hydrogen-bond acceptors (Lipinski definition) is 5. The molecule has 2 N–H and O–H groups in total. The maximum atomic E-state index is 13.8. The Morgan fingerprint density at radius 3 is 2.77 bits per heavy atom. The van der Waals surface area contributed by atoms with Gasteiger partial charge >= 0.3 is 0 Å². The van der Waals surface area contributed by atoms with Crippen LogP contribution in [0.3, 0.4) is 0 Å². The van der Waals surface area contributed by atoms with Crippen LogP contribution >= 0.6 is 11.8 Å². The topological polar surface area (TPSA) is 91.6 Å². The Kier molecular flexibility index (Phi) is 5.28. The molecule has 1 aromatic carbocycles. The van der Waals surface area contributed by atoms with Crippen molar-refractivity contribution in [1.82, 2.24) is 14.8 Å². The lowest BCUT2D eigenvalue weighted by Crippen LogP contribution is -2.59. The van der Waals surface area contributed by atoms with Crippen LogP contribution in [0.5, 0.6) is 5.75 Å². The third kappa shape index (κ3) is 3.69. The fraction of sp³-hybridized carbons (Fsp3) is 0.381. The van der Waals surface area contributed by atoms with Crippen molar-refractivity contribution in [2.45, 2.75) is 44.3 Å². The number of thioether (sulfide) groups is 1. The Labute approximate surface area is 181 Å². The average Bonchev–Trinajstić information content (AvgIpc) is 2.69. The molecule has 7 nitrogen and oxygen atoms in total. The van der Waals surface area contributed by atoms with Crippen LogP contribution in [0.15, 0.2) is 29.2 Å². The molecular formula is C21H21F2N3O4S. The van der Waals surface area contributed by atoms with Gasteiger partial charge in [0.15, 0.2) is 11.4 Å². The summed E-state index contributed by atoms with van der Waals surface area (Å²) < 4.78 is 28.3. The quantitative estimate of drug-likeness (QED) is 0.751. The highest BCUT2D eigenvalue weighted by atomic mass is 32.2. The van der Waals surface area contributed by atoms with Gasteiger partial charge in [0, 0.05) is 29.9 Å². The number of nitrogens with one attached hydrogen (secondary N) is 1. The van der Waals surface area contributed by atoms with Crippen molar-refractivity contribution in [1.29, 1.82) is 0 Å². The largest absolute Gasteiger partial charge is 0.503 e. The van der Waals surface area contributed by atoms with Crippen molar-refractivity contribution in [3.63, 3.8) is 0 Å². The van der Waals surface area contributed by atoms with E-state index < -0.39 is 40.2 Å². The van der Waals surface area contributed by atoms with E-state index in [-0.39, 0.29) is 28.7 Å². The second-order valence-corrected chi connectivity index (χ2v) is 9.49. The second-order valence-electron chi connectivity index (χ2n) is 8.20. The second kappa shape index (κ2) is 7.67. The van der Waals surface area contributed by atoms with Crippen molar-refractivity contribution in [3.05, 3.63) is 63.1 Å². The summed E-state index contributed by atoms with van der Waals surface area (Å²) in [5.41, 5.74) is -1.85. The zero-order valence-electron chi connectivity index (χ0n) is 16.9. The number of carbonyl (C=O) groups is 2. The first-order valence-electron chi connectivity index (χ1n) is 9.74. The SMILES string of the molecule is CC1(C)CCSC2Cn3cc(C(=O)NCc4ccc(F)cc4F)c(=O)c(O)c3C(=O)N21. The number of benzene rings is 1. The summed E-state index contributed by atoms with van der Waals surface area (Å²) in [7, 11) is 0. The van der Waals surface area contributed by atoms with Gasteiger partial charge in [-0.1, -0.05) is 6.07 Å². The van der Waals surface area contributed by atoms with Crippen LogP contribution in [0.2, 0.25) is 0 Å². The molecule has 10 heteroatoms. The van der Waals surface area contributed by atoms with Crippen LogP contribution in [-0.2, 0) is 13.1 Å². The monoisotopic (exact) mass is 449 g/mol. The van der Waals surface area contributed by atoms with Crippen LogP contribution in [0.25, 0.3) is 0 Å². The zero-order valence-corrected chi connectivity index (χ0v) is 17.8. The Bertz CT molecular complexity index is 1150. The number of halogens is 2. The number of nitrogens with zero attached hydrogens (tertiary/aromatic N) is 2. The van der Waals surface area contributed by atoms with Crippen LogP contribution < -0.4 is 10.7 Å². The molecule has 1 unspecified atom stereocenters. The van der Waals surface area contributed by atoms with Crippen molar-refractivity contribution >= 4 is 23.6 Å². The highest BCUT2D eigenvalue weighted by Crippen LogP contribution is 2.40. The molecular weight excluding hydrogens is 428 g/mol. The first-order valence-corrected chi connectivity index (χ1v) is 10.8. The van der Waals surface area contributed by atoms with Gasteiger partial charge < -0.3 is 19.9 Å². The minimum Gasteiger partial charge on any atom is -0.503 e. The van der Waals surface area contributed by atoms with Crippen molar-refractivity contribution in [2.24, 2.45) is 0 Å². The van der Waals surface area contributed by atoms with Gasteiger partial charge in [-0.05, 0) is 32.1 Å². The number of aromatic hydroxyl groups is 1. The first-order chi connectivity index (χ1) is 14.6. The van der Waals surface area contributed by atoms with Crippen molar-refractivity contribution in [3.8, 4) is 5.75 Å². The molecule has 0 spiro atoms. The van der Waals surface area contributed by atoms with Crippen LogP contribution in [0, 0.1) is 11.6 Å². The number of carbonyl (C=O) groups excluding carboxylic acids is 2. The van der Waals surface area contributed by atoms with Gasteiger partial charge in [0.25, 0.3) is 11.8 Å². The summed E-state index contributed by atoms with van der Waals surface area (Å²) in [6, 6.07) is 2.95. The molecule has 1 aromatic heterocycles. The Balaban J connectivity index is 1.64. The zero-order chi connectivity index (χ0) is 22.5. The summed E-state index contributed by atoms with van der Waals surface area (Å²) in [5, 5.41) is 12.7. The Hall–Kier alpha value is -2.88. The summed E-state index contributed by atoms with van der Waals surface area (Å²) in [6.45, 7) is 3.93. The number of fused-ring (bicyclic) bond motifs is 2. The van der Waals surface area contributed by atoms with Gasteiger partial charge in [-0.3, -0.25) is 14.4 Å². The maximum Gasteiger partial charge on any atom is 0.275 e. The lowest BCUT2D eigenvalue weighted by atomic mass is 9.96. The molecule has 1 atom stereocenters. The molecule has 2 aliphatic heterocycles. The number of amides is 2. The molecule has 3 heterocycles. The van der Waals surface area contributed by atoms with E-state index in [0.717, 1.165) is 18.2 Å². The molecule has 0 radical (unpaired) electrons. The molecule has 0 saturated carbocycles. The third-order valence-corrected chi connectivity index (χ3v) is 6.88. The van der Waals surface area contributed by atoms with Gasteiger partial charge in [-0.15, -0.1) is 11.8 Å². The van der Waals surface area contributed by atoms with E-state index in [1.54, 1.807) is 16.7 Å². The first kappa shape index (κ1) is 21.4. The fourth-order valence-electron chi connectivity index (χ4n) is 3.97. The summed E-state index contributed by atoms with van der Waals surface area (Å²) >= 11 is 1.60. The standard InChI is InChI=1S/C21H21F2N3O4S/c1-21(2)5-6-31-15-10-25-9-13(17(27)18(28)16(25)20(30)26(15)21)19(29)24-8-11-3-4-12(22)7-14(11)23/h3-4,7,9,15,28H,5-6,8,10H2,1-2H3,(H,24,29). The summed E-state index contributed by atoms with van der Waals surface area (Å²) in [4.78, 5) is 40.0. The molecule has 1 fully saturated rings. The summed E-state index contributed by atoms with van der Waals surface area (Å²) in [5.74, 6) is -2.77. The highest BCUT2D eigenvalue weighted by Gasteiger charge is 2.45. The Morgan fingerprint density at radius 1 is 1.32 bits per heavy atom. The number of hydrogen-bond donors (Lipinski definition) is 2. The van der Waals surface area contributed by atoms with E-state index in [0.29, 0.717) is 12.6 Å². The summed E-state index contributed by atoms with van der Waals surface area (Å²) in [6.07, 6.45) is 2.04. The van der Waals surface area contributed by atoms with Crippen molar-refractivity contribution < 1.29 is 23.5 Å². The molecule has 0 aliphatic carbocycles. The average molecular weight is 449 g/mol. The van der Waals surface area contributed by atoms with Crippen molar-refractivity contribution in [2.75, 3.05) is 5.75 Å². The Morgan fingerprint density at radius 2 is 2.06 bits per heavy atom. The van der Waals surface area contributed by atoms with Crippen LogP contribution in [0.4, 0.5) is 8.78 Å². The maximum absolute atomic E-state index is 13.8. The molecule has 1 saturated heterocycles. The molecule has 2 amide bonds. The predicted octanol–water partition coefficient (Wildman–Crippen LogP) is 2.46. The number of rotatable bonds is 3. The van der Waals surface area contributed by atoms with E-state index >= 15 is 0 Å². The molecule has 164 valence electrons. The lowest BCUT2D eigenvalue weighted by molar-refractivity contribution is 0.0386. The highest BCUT2D eigenvalue weighted by molar-refractivity contribution is 7.99. The third-order valence-electron chi connectivity index (χ3n) is 5.69. The van der Waals surface area contributed by atoms with E-state index in [2.05, 4.69) is 5.32 Å². The van der Waals surface area contributed by atoms with Gasteiger partial charge in [0.2, 0.25) is 5.43 Å². The molecule has 2 aliphatic rings. The minimum absolute atomic E-state index is 0.0451. The van der Waals surface area contributed by atoms with E-state index in [1.807, 2.05) is 13.8 Å². The van der Waals surface area contributed by atoms with Gasteiger partial charge in [0.1, 0.15) is 17.2 Å². The van der Waals surface area contributed by atoms with Gasteiger partial charge in [-0.2, -0.15) is 0 Å². The van der Waals surface area contributed by atoms with Crippen LogP contribution in [-0.4, -0.2) is 43.1 Å². The van der Waals surface area contributed by atoms with Crippen LogP contribution in [0.1, 0.15) is 46.7 Å².